The quantitative estimate of drug-likeness (QED) is 0.788. The number of hydrogen-bond donors (Lipinski definition) is 0. The fraction of sp³-hybridized carbons (Fsp3) is 0.364. The number of amides is 2. The van der Waals surface area contributed by atoms with Gasteiger partial charge in [-0.25, -0.2) is 8.78 Å². The lowest BCUT2D eigenvalue weighted by Gasteiger charge is -2.35. The highest BCUT2D eigenvalue weighted by molar-refractivity contribution is 5.94. The highest BCUT2D eigenvalue weighted by Crippen LogP contribution is 2.14. The van der Waals surface area contributed by atoms with Crippen molar-refractivity contribution in [1.82, 2.24) is 9.80 Å². The first-order valence-electron chi connectivity index (χ1n) is 9.51. The molecule has 2 aromatic carbocycles. The van der Waals surface area contributed by atoms with Crippen LogP contribution in [0.25, 0.3) is 0 Å². The average Bonchev–Trinajstić information content (AvgIpc) is 2.71. The van der Waals surface area contributed by atoms with Crippen molar-refractivity contribution in [1.29, 1.82) is 0 Å². The van der Waals surface area contributed by atoms with Gasteiger partial charge in [0.05, 0.1) is 0 Å². The van der Waals surface area contributed by atoms with Crippen molar-refractivity contribution in [2.75, 3.05) is 26.2 Å². The smallest absolute Gasteiger partial charge is 0.254 e. The normalized spacial score (nSPS) is 14.2. The van der Waals surface area contributed by atoms with Gasteiger partial charge in [0.15, 0.2) is 11.6 Å². The Hall–Kier alpha value is -2.76. The average molecular weight is 386 g/mol. The molecule has 2 aromatic rings. The summed E-state index contributed by atoms with van der Waals surface area (Å²) in [7, 11) is 0. The van der Waals surface area contributed by atoms with Gasteiger partial charge >= 0.3 is 0 Å². The van der Waals surface area contributed by atoms with Crippen molar-refractivity contribution in [3.63, 3.8) is 0 Å². The molecule has 0 atom stereocenters. The van der Waals surface area contributed by atoms with Gasteiger partial charge in [0.25, 0.3) is 5.91 Å². The molecule has 1 fully saturated rings. The summed E-state index contributed by atoms with van der Waals surface area (Å²) in [6.45, 7) is 3.74. The summed E-state index contributed by atoms with van der Waals surface area (Å²) < 4.78 is 26.4. The van der Waals surface area contributed by atoms with Gasteiger partial charge < -0.3 is 9.80 Å². The molecule has 0 unspecified atom stereocenters. The number of rotatable bonds is 5. The number of nitrogens with zero attached hydrogens (tertiary/aromatic N) is 2. The van der Waals surface area contributed by atoms with E-state index in [2.05, 4.69) is 24.3 Å². The summed E-state index contributed by atoms with van der Waals surface area (Å²) in [5.41, 5.74) is 2.56. The van der Waals surface area contributed by atoms with E-state index < -0.39 is 11.6 Å². The van der Waals surface area contributed by atoms with Gasteiger partial charge in [0, 0.05) is 38.2 Å². The lowest BCUT2D eigenvalue weighted by Crippen LogP contribution is -2.50. The van der Waals surface area contributed by atoms with Gasteiger partial charge in [-0.05, 0) is 43.5 Å². The van der Waals surface area contributed by atoms with E-state index in [0.29, 0.717) is 32.6 Å². The maximum absolute atomic E-state index is 13.3. The summed E-state index contributed by atoms with van der Waals surface area (Å²) in [5, 5.41) is 0. The fourth-order valence-electron chi connectivity index (χ4n) is 3.33. The van der Waals surface area contributed by atoms with Gasteiger partial charge in [0.1, 0.15) is 0 Å². The number of benzene rings is 2. The van der Waals surface area contributed by atoms with Crippen molar-refractivity contribution in [2.24, 2.45) is 0 Å². The molecule has 0 spiro atoms. The number of halogens is 2. The predicted octanol–water partition coefficient (Wildman–Crippen LogP) is 3.58. The topological polar surface area (TPSA) is 40.6 Å². The Kier molecular flexibility index (Phi) is 6.39. The van der Waals surface area contributed by atoms with E-state index in [0.717, 1.165) is 25.0 Å². The third-order valence-electron chi connectivity index (χ3n) is 5.06. The van der Waals surface area contributed by atoms with Gasteiger partial charge in [-0.3, -0.25) is 9.59 Å². The molecule has 0 aliphatic carbocycles. The molecule has 6 heteroatoms. The van der Waals surface area contributed by atoms with Gasteiger partial charge in [-0.2, -0.15) is 0 Å². The van der Waals surface area contributed by atoms with Crippen molar-refractivity contribution in [3.05, 3.63) is 70.8 Å². The molecular formula is C22H24F2N2O2. The maximum atomic E-state index is 13.3. The number of carbonyl (C=O) groups is 2. The number of carbonyl (C=O) groups excluding carboxylic acids is 2. The molecule has 4 nitrogen and oxygen atoms in total. The summed E-state index contributed by atoms with van der Waals surface area (Å²) >= 11 is 0. The summed E-state index contributed by atoms with van der Waals surface area (Å²) in [5.74, 6) is -2.26. The molecule has 0 N–H and O–H groups in total. The monoisotopic (exact) mass is 386 g/mol. The molecule has 0 saturated carbocycles. The van der Waals surface area contributed by atoms with Crippen LogP contribution in [0.2, 0.25) is 0 Å². The second-order valence-corrected chi connectivity index (χ2v) is 7.14. The number of piperazine rings is 1. The van der Waals surface area contributed by atoms with Gasteiger partial charge in [-0.1, -0.05) is 29.8 Å². The molecule has 0 bridgehead atoms. The van der Waals surface area contributed by atoms with Crippen molar-refractivity contribution in [2.45, 2.75) is 26.2 Å². The Balaban J connectivity index is 1.45. The summed E-state index contributed by atoms with van der Waals surface area (Å²) in [6.07, 6.45) is 2.13. The first-order chi connectivity index (χ1) is 13.4. The Labute approximate surface area is 163 Å². The van der Waals surface area contributed by atoms with E-state index in [1.807, 2.05) is 6.92 Å². The first-order valence-corrected chi connectivity index (χ1v) is 9.51. The van der Waals surface area contributed by atoms with Gasteiger partial charge in [0.2, 0.25) is 5.91 Å². The Morgan fingerprint density at radius 2 is 1.54 bits per heavy atom. The van der Waals surface area contributed by atoms with Gasteiger partial charge in [-0.15, -0.1) is 0 Å². The molecule has 148 valence electrons. The maximum Gasteiger partial charge on any atom is 0.254 e. The minimum atomic E-state index is -1.03. The van der Waals surface area contributed by atoms with Crippen molar-refractivity contribution < 1.29 is 18.4 Å². The molecule has 28 heavy (non-hydrogen) atoms. The molecular weight excluding hydrogens is 362 g/mol. The SMILES string of the molecule is Cc1ccc(CCCC(=O)N2CCN(C(=O)c3ccc(F)c(F)c3)CC2)cc1. The largest absolute Gasteiger partial charge is 0.339 e. The molecule has 1 heterocycles. The third-order valence-corrected chi connectivity index (χ3v) is 5.06. The molecule has 2 amide bonds. The van der Waals surface area contributed by atoms with Crippen molar-refractivity contribution in [3.8, 4) is 0 Å². The molecule has 1 aliphatic rings. The lowest BCUT2D eigenvalue weighted by molar-refractivity contribution is -0.132. The Bertz CT molecular complexity index is 844. The van der Waals surface area contributed by atoms with Crippen LogP contribution in [0.3, 0.4) is 0 Å². The fourth-order valence-corrected chi connectivity index (χ4v) is 3.33. The second-order valence-electron chi connectivity index (χ2n) is 7.14. The van der Waals surface area contributed by atoms with Crippen LogP contribution in [0.15, 0.2) is 42.5 Å². The number of hydrogen-bond acceptors (Lipinski definition) is 2. The van der Waals surface area contributed by atoms with E-state index >= 15 is 0 Å². The van der Waals surface area contributed by atoms with Crippen LogP contribution < -0.4 is 0 Å². The Morgan fingerprint density at radius 3 is 2.18 bits per heavy atom. The van der Waals surface area contributed by atoms with E-state index in [4.69, 9.17) is 0 Å². The zero-order valence-corrected chi connectivity index (χ0v) is 16.0. The number of aryl methyl sites for hydroxylation is 2. The van der Waals surface area contributed by atoms with Crippen LogP contribution in [0.5, 0.6) is 0 Å². The molecule has 1 aliphatic heterocycles. The van der Waals surface area contributed by atoms with Crippen molar-refractivity contribution >= 4 is 11.8 Å². The minimum Gasteiger partial charge on any atom is -0.339 e. The molecule has 1 saturated heterocycles. The zero-order valence-electron chi connectivity index (χ0n) is 16.0. The molecule has 0 radical (unpaired) electrons. The third kappa shape index (κ3) is 4.94. The first kappa shape index (κ1) is 20.0. The standard InChI is InChI=1S/C22H24F2N2O2/c1-16-5-7-17(8-6-16)3-2-4-21(27)25-11-13-26(14-12-25)22(28)18-9-10-19(23)20(24)15-18/h5-10,15H,2-4,11-14H2,1H3. The summed E-state index contributed by atoms with van der Waals surface area (Å²) in [6, 6.07) is 11.5. The summed E-state index contributed by atoms with van der Waals surface area (Å²) in [4.78, 5) is 28.2. The zero-order chi connectivity index (χ0) is 20.1. The predicted molar refractivity (Wildman–Crippen MR) is 103 cm³/mol. The highest BCUT2D eigenvalue weighted by Gasteiger charge is 2.25. The Morgan fingerprint density at radius 1 is 0.893 bits per heavy atom. The minimum absolute atomic E-state index is 0.0898. The van der Waals surface area contributed by atoms with Crippen LogP contribution in [0.4, 0.5) is 8.78 Å². The second kappa shape index (κ2) is 8.95. The van der Waals surface area contributed by atoms with Crippen LogP contribution in [-0.4, -0.2) is 47.8 Å². The van der Waals surface area contributed by atoms with Crippen LogP contribution in [0, 0.1) is 18.6 Å². The van der Waals surface area contributed by atoms with E-state index in [1.165, 1.54) is 17.2 Å². The molecule has 3 rings (SSSR count). The highest BCUT2D eigenvalue weighted by atomic mass is 19.2. The van der Waals surface area contributed by atoms with Crippen LogP contribution in [0.1, 0.15) is 34.3 Å². The lowest BCUT2D eigenvalue weighted by atomic mass is 10.1. The molecule has 0 aromatic heterocycles. The van der Waals surface area contributed by atoms with E-state index in [9.17, 15) is 18.4 Å². The van der Waals surface area contributed by atoms with Crippen LogP contribution >= 0.6 is 0 Å². The van der Waals surface area contributed by atoms with Crippen LogP contribution in [-0.2, 0) is 11.2 Å². The van der Waals surface area contributed by atoms with E-state index in [-0.39, 0.29) is 17.4 Å². The van der Waals surface area contributed by atoms with E-state index in [1.54, 1.807) is 9.80 Å².